The average molecular weight is 191 g/mol. The van der Waals surface area contributed by atoms with E-state index in [1.807, 2.05) is 7.05 Å². The molecule has 1 rings (SSSR count). The van der Waals surface area contributed by atoms with Crippen LogP contribution in [0.15, 0.2) is 0 Å². The third-order valence-electron chi connectivity index (χ3n) is 2.27. The number of unbranched alkanes of at least 4 members (excludes halogenated alkanes) is 1. The van der Waals surface area contributed by atoms with Crippen LogP contribution in [0.3, 0.4) is 0 Å². The van der Waals surface area contributed by atoms with Crippen LogP contribution in [-0.4, -0.2) is 33.5 Å². The zero-order chi connectivity index (χ0) is 9.03. The van der Waals surface area contributed by atoms with Crippen LogP contribution in [-0.2, 0) is 9.84 Å². The van der Waals surface area contributed by atoms with Gasteiger partial charge >= 0.3 is 0 Å². The Hall–Kier alpha value is -0.0900. The molecule has 4 heteroatoms. The topological polar surface area (TPSA) is 46.2 Å². The Balaban J connectivity index is 1.97. The lowest BCUT2D eigenvalue weighted by Crippen LogP contribution is -2.36. The van der Waals surface area contributed by atoms with E-state index in [9.17, 15) is 8.42 Å². The predicted octanol–water partition coefficient (Wildman–Crippen LogP) is 0.421. The molecule has 72 valence electrons. The zero-order valence-corrected chi connectivity index (χ0v) is 8.36. The highest BCUT2D eigenvalue weighted by Crippen LogP contribution is 2.23. The minimum Gasteiger partial charge on any atom is -0.320 e. The fraction of sp³-hybridized carbons (Fsp3) is 1.00. The summed E-state index contributed by atoms with van der Waals surface area (Å²) in [7, 11) is -0.651. The lowest BCUT2D eigenvalue weighted by atomic mass is 10.1. The summed E-state index contributed by atoms with van der Waals surface area (Å²) in [6.45, 7) is 1.04. The van der Waals surface area contributed by atoms with Crippen LogP contribution in [0, 0.1) is 5.92 Å². The van der Waals surface area contributed by atoms with Crippen LogP contribution in [0.4, 0.5) is 0 Å². The molecule has 0 amide bonds. The molecule has 1 saturated heterocycles. The highest BCUT2D eigenvalue weighted by molar-refractivity contribution is 7.92. The standard InChI is InChI=1S/C8H17NO2S/c1-9-5-3-2-4-8-6-12(10,11)7-8/h8-9H,2-7H2,1H3. The van der Waals surface area contributed by atoms with Crippen molar-refractivity contribution >= 4 is 9.84 Å². The minimum atomic E-state index is -2.59. The molecule has 1 heterocycles. The Morgan fingerprint density at radius 2 is 2.00 bits per heavy atom. The SMILES string of the molecule is CNCCCCC1CS(=O)(=O)C1. The van der Waals surface area contributed by atoms with Crippen LogP contribution in [0.25, 0.3) is 0 Å². The van der Waals surface area contributed by atoms with E-state index in [4.69, 9.17) is 0 Å². The first kappa shape index (κ1) is 9.99. The Labute approximate surface area is 74.5 Å². The second kappa shape index (κ2) is 4.23. The van der Waals surface area contributed by atoms with Crippen LogP contribution >= 0.6 is 0 Å². The second-order valence-electron chi connectivity index (χ2n) is 3.54. The third kappa shape index (κ3) is 3.11. The molecule has 0 aromatic rings. The molecule has 0 spiro atoms. The van der Waals surface area contributed by atoms with E-state index < -0.39 is 9.84 Å². The number of hydrogen-bond donors (Lipinski definition) is 1. The summed E-state index contributed by atoms with van der Waals surface area (Å²) in [6, 6.07) is 0. The van der Waals surface area contributed by atoms with E-state index in [0.717, 1.165) is 25.8 Å². The van der Waals surface area contributed by atoms with Crippen molar-refractivity contribution in [2.45, 2.75) is 19.3 Å². The molecule has 1 N–H and O–H groups in total. The molecule has 0 saturated carbocycles. The van der Waals surface area contributed by atoms with Gasteiger partial charge in [-0.25, -0.2) is 8.42 Å². The molecule has 0 radical (unpaired) electrons. The van der Waals surface area contributed by atoms with E-state index >= 15 is 0 Å². The van der Waals surface area contributed by atoms with Gasteiger partial charge < -0.3 is 5.32 Å². The number of sulfone groups is 1. The number of rotatable bonds is 5. The largest absolute Gasteiger partial charge is 0.320 e. The van der Waals surface area contributed by atoms with Crippen molar-refractivity contribution in [3.63, 3.8) is 0 Å². The van der Waals surface area contributed by atoms with Crippen LogP contribution in [0.5, 0.6) is 0 Å². The summed E-state index contributed by atoms with van der Waals surface area (Å²) in [5.41, 5.74) is 0. The van der Waals surface area contributed by atoms with Crippen molar-refractivity contribution in [2.75, 3.05) is 25.1 Å². The van der Waals surface area contributed by atoms with Crippen LogP contribution < -0.4 is 5.32 Å². The van der Waals surface area contributed by atoms with Crippen molar-refractivity contribution in [3.05, 3.63) is 0 Å². The van der Waals surface area contributed by atoms with E-state index in [0.29, 0.717) is 17.4 Å². The highest BCUT2D eigenvalue weighted by Gasteiger charge is 2.32. The maximum Gasteiger partial charge on any atom is 0.150 e. The second-order valence-corrected chi connectivity index (χ2v) is 5.70. The Bertz CT molecular complexity index is 211. The molecule has 0 unspecified atom stereocenters. The van der Waals surface area contributed by atoms with Crippen LogP contribution in [0.1, 0.15) is 19.3 Å². The van der Waals surface area contributed by atoms with Gasteiger partial charge in [0.15, 0.2) is 9.84 Å². The van der Waals surface area contributed by atoms with Gasteiger partial charge in [0, 0.05) is 0 Å². The molecule has 3 nitrogen and oxygen atoms in total. The molecule has 1 aliphatic heterocycles. The van der Waals surface area contributed by atoms with Crippen molar-refractivity contribution in [1.82, 2.24) is 5.32 Å². The van der Waals surface area contributed by atoms with Crippen molar-refractivity contribution < 1.29 is 8.42 Å². The molecule has 0 aromatic heterocycles. The van der Waals surface area contributed by atoms with Crippen molar-refractivity contribution in [3.8, 4) is 0 Å². The molecular formula is C8H17NO2S. The normalized spacial score (nSPS) is 22.1. The maximum atomic E-state index is 10.8. The first-order valence-corrected chi connectivity index (χ1v) is 6.31. The van der Waals surface area contributed by atoms with Gasteiger partial charge in [0.1, 0.15) is 0 Å². The van der Waals surface area contributed by atoms with Gasteiger partial charge in [-0.1, -0.05) is 6.42 Å². The quantitative estimate of drug-likeness (QED) is 0.641. The highest BCUT2D eigenvalue weighted by atomic mass is 32.2. The van der Waals surface area contributed by atoms with Gasteiger partial charge in [-0.2, -0.15) is 0 Å². The van der Waals surface area contributed by atoms with Crippen molar-refractivity contribution in [2.24, 2.45) is 5.92 Å². The van der Waals surface area contributed by atoms with Crippen molar-refractivity contribution in [1.29, 1.82) is 0 Å². The fourth-order valence-electron chi connectivity index (χ4n) is 1.57. The number of nitrogens with one attached hydrogen (secondary N) is 1. The molecule has 0 atom stereocenters. The Morgan fingerprint density at radius 3 is 2.50 bits per heavy atom. The lowest BCUT2D eigenvalue weighted by molar-refractivity contribution is 0.476. The Morgan fingerprint density at radius 1 is 1.33 bits per heavy atom. The first-order valence-electron chi connectivity index (χ1n) is 4.49. The summed E-state index contributed by atoms with van der Waals surface area (Å²) < 4.78 is 21.5. The lowest BCUT2D eigenvalue weighted by Gasteiger charge is -2.25. The Kier molecular flexibility index (Phi) is 3.53. The van der Waals surface area contributed by atoms with E-state index in [1.54, 1.807) is 0 Å². The van der Waals surface area contributed by atoms with E-state index in [2.05, 4.69) is 5.32 Å². The fourth-order valence-corrected chi connectivity index (χ4v) is 3.24. The minimum absolute atomic E-state index is 0.437. The number of hydrogen-bond acceptors (Lipinski definition) is 3. The molecule has 0 aliphatic carbocycles. The van der Waals surface area contributed by atoms with Crippen LogP contribution in [0.2, 0.25) is 0 Å². The van der Waals surface area contributed by atoms with E-state index in [-0.39, 0.29) is 0 Å². The van der Waals surface area contributed by atoms with Gasteiger partial charge in [0.25, 0.3) is 0 Å². The van der Waals surface area contributed by atoms with Gasteiger partial charge in [0.2, 0.25) is 0 Å². The monoisotopic (exact) mass is 191 g/mol. The summed E-state index contributed by atoms with van der Waals surface area (Å²) in [5.74, 6) is 1.34. The summed E-state index contributed by atoms with van der Waals surface area (Å²) in [6.07, 6.45) is 3.40. The third-order valence-corrected chi connectivity index (χ3v) is 4.23. The smallest absolute Gasteiger partial charge is 0.150 e. The molecule has 12 heavy (non-hydrogen) atoms. The molecular weight excluding hydrogens is 174 g/mol. The van der Waals surface area contributed by atoms with Gasteiger partial charge in [-0.15, -0.1) is 0 Å². The summed E-state index contributed by atoms with van der Waals surface area (Å²) in [4.78, 5) is 0. The molecule has 0 aromatic carbocycles. The first-order chi connectivity index (χ1) is 5.64. The van der Waals surface area contributed by atoms with Gasteiger partial charge in [0.05, 0.1) is 11.5 Å². The zero-order valence-electron chi connectivity index (χ0n) is 7.54. The summed E-state index contributed by atoms with van der Waals surface area (Å²) in [5, 5.41) is 3.08. The van der Waals surface area contributed by atoms with Gasteiger partial charge in [-0.3, -0.25) is 0 Å². The van der Waals surface area contributed by atoms with E-state index in [1.165, 1.54) is 0 Å². The summed E-state index contributed by atoms with van der Waals surface area (Å²) >= 11 is 0. The molecule has 0 bridgehead atoms. The molecule has 1 fully saturated rings. The predicted molar refractivity (Wildman–Crippen MR) is 49.9 cm³/mol. The average Bonchev–Trinajstić information content (AvgIpc) is 1.94. The maximum absolute atomic E-state index is 10.8. The van der Waals surface area contributed by atoms with Gasteiger partial charge in [-0.05, 0) is 32.4 Å². The molecule has 1 aliphatic rings.